The number of unbranched alkanes of at least 4 members (excludes halogenated alkanes) is 8. The molecule has 0 spiro atoms. The van der Waals surface area contributed by atoms with Gasteiger partial charge in [0, 0.05) is 38.4 Å². The van der Waals surface area contributed by atoms with Crippen LogP contribution in [0.1, 0.15) is 117 Å². The summed E-state index contributed by atoms with van der Waals surface area (Å²) in [6.07, 6.45) is 14.5. The molecule has 6 aromatic carbocycles. The number of amides is 2. The Bertz CT molecular complexity index is 3670. The number of hydrogen-bond acceptors (Lipinski definition) is 8. The van der Waals surface area contributed by atoms with Crippen molar-refractivity contribution in [2.75, 3.05) is 10.6 Å². The Hall–Kier alpha value is -6.54. The Labute approximate surface area is 457 Å². The van der Waals surface area contributed by atoms with Gasteiger partial charge in [0.15, 0.2) is 0 Å². The van der Waals surface area contributed by atoms with Crippen molar-refractivity contribution < 1.29 is 35.2 Å². The molecule has 2 amide bonds. The van der Waals surface area contributed by atoms with E-state index >= 15 is 0 Å². The molecular formula is C57H60Cl2F2N8O6S2. The van der Waals surface area contributed by atoms with E-state index in [0.29, 0.717) is 43.0 Å². The Balaban J connectivity index is 0.733. The number of nitrogens with zero attached hydrogens (tertiary/aromatic N) is 4. The first kappa shape index (κ1) is 56.7. The molecule has 2 aromatic heterocycles. The van der Waals surface area contributed by atoms with Gasteiger partial charge in [-0.25, -0.2) is 35.9 Å². The number of primary sulfonamides is 2. The highest BCUT2D eigenvalue weighted by Gasteiger charge is 2.23. The van der Waals surface area contributed by atoms with Gasteiger partial charge in [-0.2, -0.15) is 10.2 Å². The van der Waals surface area contributed by atoms with Gasteiger partial charge >= 0.3 is 0 Å². The zero-order chi connectivity index (χ0) is 55.0. The van der Waals surface area contributed by atoms with Crippen LogP contribution >= 0.6 is 23.2 Å². The standard InChI is InChI=1S/C57H60Cl2F2N8O6S2/c1-36(40-17-21-44(60)22-18-40)68-35-49-52(67-68)30-46(32-55(49)77(63,74)75)65-56(70)28-42-16-14-39(27-51(42)59)13-11-9-7-5-3-4-6-8-10-12-38-15-25-50(58)43(26-38)29-57(71)66-47-31-53-48(54(33-47)76(62,72)73)34-64-69(53)37(2)41-19-23-45(61)24-20-41/h14-27,30-37H,3-13,28-29H2,1-2H3,(H,65,70)(H,66,71)(H2,62,72,73)(H2,63,74,75). The number of aromatic nitrogens is 4. The molecule has 0 aliphatic carbocycles. The molecule has 0 saturated carbocycles. The number of aryl methyl sites for hydroxylation is 2. The molecule has 0 aliphatic heterocycles. The van der Waals surface area contributed by atoms with Crippen molar-refractivity contribution in [3.63, 3.8) is 0 Å². The molecule has 20 heteroatoms. The van der Waals surface area contributed by atoms with Crippen LogP contribution < -0.4 is 20.9 Å². The minimum Gasteiger partial charge on any atom is -0.326 e. The second-order valence-corrected chi connectivity index (χ2v) is 23.4. The highest BCUT2D eigenvalue weighted by atomic mass is 35.5. The number of rotatable bonds is 24. The summed E-state index contributed by atoms with van der Waals surface area (Å²) in [7, 11) is -8.39. The van der Waals surface area contributed by atoms with Crippen molar-refractivity contribution in [3.8, 4) is 0 Å². The number of nitrogens with two attached hydrogens (primary N) is 2. The molecule has 404 valence electrons. The third kappa shape index (κ3) is 14.7. The molecule has 8 rings (SSSR count). The number of carbonyl (C=O) groups is 2. The summed E-state index contributed by atoms with van der Waals surface area (Å²) in [5, 5.41) is 27.3. The minimum absolute atomic E-state index is 0.0322. The summed E-state index contributed by atoms with van der Waals surface area (Å²) in [6, 6.07) is 28.4. The third-order valence-electron chi connectivity index (χ3n) is 13.8. The van der Waals surface area contributed by atoms with E-state index in [9.17, 15) is 35.2 Å². The molecule has 77 heavy (non-hydrogen) atoms. The van der Waals surface area contributed by atoms with Gasteiger partial charge in [0.2, 0.25) is 31.9 Å². The summed E-state index contributed by atoms with van der Waals surface area (Å²) in [5.41, 5.74) is 6.15. The summed E-state index contributed by atoms with van der Waals surface area (Å²) >= 11 is 13.2. The number of nitrogens with one attached hydrogen (secondary N) is 2. The van der Waals surface area contributed by atoms with Crippen molar-refractivity contribution >= 4 is 88.2 Å². The number of fused-ring (bicyclic) bond motifs is 2. The minimum atomic E-state index is -4.20. The zero-order valence-electron chi connectivity index (χ0n) is 42.6. The Kier molecular flexibility index (Phi) is 18.3. The lowest BCUT2D eigenvalue weighted by Gasteiger charge is -2.16. The van der Waals surface area contributed by atoms with Crippen molar-refractivity contribution in [2.24, 2.45) is 10.3 Å². The number of hydrogen-bond donors (Lipinski definition) is 4. The Morgan fingerprint density at radius 1 is 0.584 bits per heavy atom. The molecule has 6 N–H and O–H groups in total. The summed E-state index contributed by atoms with van der Waals surface area (Å²) in [4.78, 5) is 26.3. The van der Waals surface area contributed by atoms with Crippen LogP contribution in [-0.2, 0) is 55.3 Å². The molecule has 0 saturated heterocycles. The van der Waals surface area contributed by atoms with Gasteiger partial charge in [-0.3, -0.25) is 19.0 Å². The van der Waals surface area contributed by atoms with Crippen LogP contribution in [-0.4, -0.2) is 48.2 Å². The molecule has 2 unspecified atom stereocenters. The predicted octanol–water partition coefficient (Wildman–Crippen LogP) is 12.1. The van der Waals surface area contributed by atoms with Gasteiger partial charge in [0.05, 0.1) is 51.9 Å². The molecule has 8 aromatic rings. The Morgan fingerprint density at radius 3 is 1.64 bits per heavy atom. The van der Waals surface area contributed by atoms with Crippen LogP contribution in [0.15, 0.2) is 131 Å². The van der Waals surface area contributed by atoms with Crippen LogP contribution in [0.3, 0.4) is 0 Å². The highest BCUT2D eigenvalue weighted by Crippen LogP contribution is 2.33. The van der Waals surface area contributed by atoms with Gasteiger partial charge < -0.3 is 10.6 Å². The molecular weight excluding hydrogens is 1070 g/mol. The monoisotopic (exact) mass is 1120 g/mol. The van der Waals surface area contributed by atoms with Crippen molar-refractivity contribution in [3.05, 3.63) is 177 Å². The molecule has 14 nitrogen and oxygen atoms in total. The number of halogens is 4. The maximum absolute atomic E-state index is 13.6. The highest BCUT2D eigenvalue weighted by molar-refractivity contribution is 7.89. The van der Waals surface area contributed by atoms with Crippen LogP contribution in [0.25, 0.3) is 21.8 Å². The topological polar surface area (TPSA) is 214 Å². The van der Waals surface area contributed by atoms with Crippen molar-refractivity contribution in [1.29, 1.82) is 0 Å². The molecule has 0 aliphatic rings. The lowest BCUT2D eigenvalue weighted by Crippen LogP contribution is -2.17. The van der Waals surface area contributed by atoms with E-state index in [4.69, 9.17) is 33.5 Å². The summed E-state index contributed by atoms with van der Waals surface area (Å²) < 4.78 is 81.0. The van der Waals surface area contributed by atoms with Gasteiger partial charge in [-0.05, 0) is 134 Å². The Morgan fingerprint density at radius 2 is 1.08 bits per heavy atom. The maximum Gasteiger partial charge on any atom is 0.238 e. The number of sulfonamides is 2. The van der Waals surface area contributed by atoms with E-state index in [1.165, 1.54) is 42.6 Å². The van der Waals surface area contributed by atoms with E-state index in [1.807, 2.05) is 44.2 Å². The van der Waals surface area contributed by atoms with Crippen LogP contribution in [0.5, 0.6) is 0 Å². The fourth-order valence-electron chi connectivity index (χ4n) is 9.58. The van der Waals surface area contributed by atoms with Crippen LogP contribution in [0, 0.1) is 11.6 Å². The fourth-order valence-corrected chi connectivity index (χ4v) is 11.5. The first-order chi connectivity index (χ1) is 36.7. The van der Waals surface area contributed by atoms with Crippen LogP contribution in [0.4, 0.5) is 20.2 Å². The molecule has 2 heterocycles. The van der Waals surface area contributed by atoms with Gasteiger partial charge in [0.1, 0.15) is 11.6 Å². The number of benzene rings is 6. The average Bonchev–Trinajstić information content (AvgIpc) is 4.01. The van der Waals surface area contributed by atoms with E-state index in [-0.39, 0.29) is 63.6 Å². The van der Waals surface area contributed by atoms with Crippen molar-refractivity contribution in [2.45, 2.75) is 119 Å². The van der Waals surface area contributed by atoms with E-state index in [2.05, 4.69) is 20.8 Å². The quantitative estimate of drug-likeness (QED) is 0.0426. The molecule has 0 fully saturated rings. The second-order valence-electron chi connectivity index (χ2n) is 19.5. The van der Waals surface area contributed by atoms with E-state index in [0.717, 1.165) is 92.9 Å². The third-order valence-corrected chi connectivity index (χ3v) is 16.4. The van der Waals surface area contributed by atoms with E-state index < -0.39 is 26.0 Å². The molecule has 2 atom stereocenters. The van der Waals surface area contributed by atoms with Gasteiger partial charge in [-0.15, -0.1) is 0 Å². The van der Waals surface area contributed by atoms with Gasteiger partial charge in [-0.1, -0.05) is 117 Å². The average molecular weight is 1130 g/mol. The molecule has 0 radical (unpaired) electrons. The lowest BCUT2D eigenvalue weighted by molar-refractivity contribution is -0.116. The van der Waals surface area contributed by atoms with Gasteiger partial charge in [0.25, 0.3) is 0 Å². The second kappa shape index (κ2) is 24.8. The first-order valence-corrected chi connectivity index (χ1v) is 29.3. The zero-order valence-corrected chi connectivity index (χ0v) is 45.8. The summed E-state index contributed by atoms with van der Waals surface area (Å²) in [5.74, 6) is -1.54. The van der Waals surface area contributed by atoms with E-state index in [1.54, 1.807) is 58.0 Å². The number of anilines is 2. The van der Waals surface area contributed by atoms with Crippen molar-refractivity contribution in [1.82, 2.24) is 19.6 Å². The first-order valence-electron chi connectivity index (χ1n) is 25.4. The largest absolute Gasteiger partial charge is 0.326 e. The lowest BCUT2D eigenvalue weighted by atomic mass is 10.0. The normalized spacial score (nSPS) is 12.8. The summed E-state index contributed by atoms with van der Waals surface area (Å²) in [6.45, 7) is 3.70. The maximum atomic E-state index is 13.6. The predicted molar refractivity (Wildman–Crippen MR) is 299 cm³/mol. The van der Waals surface area contributed by atoms with Crippen LogP contribution in [0.2, 0.25) is 10.0 Å². The smallest absolute Gasteiger partial charge is 0.238 e. The fraction of sp³-hybridized carbons (Fsp3) is 0.298. The number of carbonyl (C=O) groups excluding carboxylic acids is 2. The SMILES string of the molecule is CC(c1ccc(F)cc1)n1cc2c(S(N)(=O)=O)cc(NC(=O)Cc3ccc(CCCCCCCCCCCc4ccc(Cl)c(CC(=O)Nc5cc(S(N)(=O)=O)c6cnn(C(C)c7ccc(F)cc7)c6c5)c4)cc3Cl)cc2n1. The molecule has 0 bridgehead atoms.